The lowest BCUT2D eigenvalue weighted by atomic mass is 9.96. The van der Waals surface area contributed by atoms with Crippen LogP contribution in [0.2, 0.25) is 0 Å². The third-order valence-electron chi connectivity index (χ3n) is 6.15. The smallest absolute Gasteiger partial charge is 0.231 e. The highest BCUT2D eigenvalue weighted by molar-refractivity contribution is 6.10. The number of rotatable bonds is 4. The van der Waals surface area contributed by atoms with Gasteiger partial charge in [0.15, 0.2) is 11.5 Å². The lowest BCUT2D eigenvalue weighted by Crippen LogP contribution is -2.38. The number of ether oxygens (including phenoxy) is 2. The number of carbonyl (C=O) groups is 1. The van der Waals surface area contributed by atoms with Gasteiger partial charge in [-0.1, -0.05) is 24.3 Å². The van der Waals surface area contributed by atoms with E-state index in [2.05, 4.69) is 34.1 Å². The number of benzene rings is 2. The number of carbonyl (C=O) groups excluding carboxylic acids is 1. The van der Waals surface area contributed by atoms with E-state index in [-0.39, 0.29) is 19.2 Å². The van der Waals surface area contributed by atoms with Crippen molar-refractivity contribution in [3.05, 3.63) is 65.0 Å². The molecule has 7 heteroatoms. The molecule has 2 aromatic heterocycles. The number of aromatic amines is 1. The molecule has 0 atom stereocenters. The van der Waals surface area contributed by atoms with E-state index in [0.29, 0.717) is 13.0 Å². The third-order valence-corrected chi connectivity index (χ3v) is 6.15. The number of nitrogens with two attached hydrogens (primary N) is 1. The Labute approximate surface area is 178 Å². The minimum atomic E-state index is -0.308. The quantitative estimate of drug-likeness (QED) is 0.536. The number of aromatic nitrogens is 2. The SMILES string of the molecule is NC(=O)CN1CCc2c(nc(Cc3ccc4c(c3)OCO4)c3[nH]c4ccccc4c23)C1. The van der Waals surface area contributed by atoms with Gasteiger partial charge in [0.1, 0.15) is 0 Å². The third kappa shape index (κ3) is 3.09. The molecular weight excluding hydrogens is 392 g/mol. The van der Waals surface area contributed by atoms with Crippen LogP contribution < -0.4 is 15.2 Å². The highest BCUT2D eigenvalue weighted by Gasteiger charge is 2.25. The molecule has 7 nitrogen and oxygen atoms in total. The molecule has 0 saturated heterocycles. The van der Waals surface area contributed by atoms with E-state index in [9.17, 15) is 4.79 Å². The van der Waals surface area contributed by atoms with Crippen molar-refractivity contribution in [2.45, 2.75) is 19.4 Å². The fraction of sp³-hybridized carbons (Fsp3) is 0.250. The molecule has 0 saturated carbocycles. The molecule has 0 fully saturated rings. The van der Waals surface area contributed by atoms with Crippen LogP contribution in [0.4, 0.5) is 0 Å². The molecule has 2 aromatic carbocycles. The molecule has 2 aliphatic rings. The van der Waals surface area contributed by atoms with Crippen molar-refractivity contribution in [2.75, 3.05) is 19.9 Å². The summed E-state index contributed by atoms with van der Waals surface area (Å²) in [4.78, 5) is 22.2. The van der Waals surface area contributed by atoms with Crippen LogP contribution in [0.5, 0.6) is 11.5 Å². The Balaban J connectivity index is 1.49. The van der Waals surface area contributed by atoms with Crippen molar-refractivity contribution in [3.8, 4) is 11.5 Å². The van der Waals surface area contributed by atoms with E-state index < -0.39 is 0 Å². The summed E-state index contributed by atoms with van der Waals surface area (Å²) in [6.45, 7) is 1.94. The lowest BCUT2D eigenvalue weighted by Gasteiger charge is -2.28. The summed E-state index contributed by atoms with van der Waals surface area (Å²) in [6.07, 6.45) is 1.52. The lowest BCUT2D eigenvalue weighted by molar-refractivity contribution is -0.119. The molecule has 0 unspecified atom stereocenters. The molecule has 1 amide bonds. The number of primary amides is 1. The van der Waals surface area contributed by atoms with Crippen LogP contribution in [0.3, 0.4) is 0 Å². The maximum absolute atomic E-state index is 11.5. The van der Waals surface area contributed by atoms with Crippen LogP contribution in [-0.4, -0.2) is 40.7 Å². The number of para-hydroxylation sites is 1. The van der Waals surface area contributed by atoms with Crippen LogP contribution >= 0.6 is 0 Å². The van der Waals surface area contributed by atoms with Crippen molar-refractivity contribution >= 4 is 27.7 Å². The molecule has 0 bridgehead atoms. The van der Waals surface area contributed by atoms with Gasteiger partial charge in [-0.3, -0.25) is 14.7 Å². The average molecular weight is 414 g/mol. The standard InChI is InChI=1S/C24H22N4O3/c25-22(29)12-28-8-7-16-19(11-28)26-18(9-14-5-6-20-21(10-14)31-13-30-20)24-23(16)15-3-1-2-4-17(15)27-24/h1-6,10,27H,7-9,11-13H2,(H2,25,29). The summed E-state index contributed by atoms with van der Waals surface area (Å²) in [5.74, 6) is 1.24. The summed E-state index contributed by atoms with van der Waals surface area (Å²) in [5.41, 5.74) is 12.0. The first kappa shape index (κ1) is 18.2. The number of nitrogens with one attached hydrogen (secondary N) is 1. The maximum Gasteiger partial charge on any atom is 0.231 e. The zero-order valence-corrected chi connectivity index (χ0v) is 17.0. The average Bonchev–Trinajstić information content (AvgIpc) is 3.37. The van der Waals surface area contributed by atoms with Crippen LogP contribution in [0.25, 0.3) is 21.8 Å². The largest absolute Gasteiger partial charge is 0.454 e. The number of amides is 1. The molecular formula is C24H22N4O3. The fourth-order valence-electron chi connectivity index (χ4n) is 4.79. The van der Waals surface area contributed by atoms with Crippen LogP contribution in [0.15, 0.2) is 42.5 Å². The predicted molar refractivity (Wildman–Crippen MR) is 117 cm³/mol. The Kier molecular flexibility index (Phi) is 4.11. The highest BCUT2D eigenvalue weighted by atomic mass is 16.7. The number of H-pyrrole nitrogens is 1. The molecule has 6 rings (SSSR count). The van der Waals surface area contributed by atoms with E-state index in [1.165, 1.54) is 16.3 Å². The van der Waals surface area contributed by atoms with Gasteiger partial charge in [-0.25, -0.2) is 0 Å². The Bertz CT molecular complexity index is 1340. The number of fused-ring (bicyclic) bond motifs is 6. The summed E-state index contributed by atoms with van der Waals surface area (Å²) in [6, 6.07) is 14.4. The summed E-state index contributed by atoms with van der Waals surface area (Å²) < 4.78 is 11.0. The van der Waals surface area contributed by atoms with E-state index in [4.69, 9.17) is 20.2 Å². The normalized spacial score (nSPS) is 15.5. The molecule has 3 N–H and O–H groups in total. The molecule has 4 heterocycles. The van der Waals surface area contributed by atoms with Gasteiger partial charge in [0.25, 0.3) is 0 Å². The van der Waals surface area contributed by atoms with Gasteiger partial charge < -0.3 is 20.2 Å². The minimum absolute atomic E-state index is 0.255. The van der Waals surface area contributed by atoms with Crippen molar-refractivity contribution in [1.82, 2.24) is 14.9 Å². The van der Waals surface area contributed by atoms with Gasteiger partial charge in [-0.15, -0.1) is 0 Å². The van der Waals surface area contributed by atoms with E-state index >= 15 is 0 Å². The Morgan fingerprint density at radius 2 is 2.03 bits per heavy atom. The summed E-state index contributed by atoms with van der Waals surface area (Å²) >= 11 is 0. The summed E-state index contributed by atoms with van der Waals surface area (Å²) in [5, 5.41) is 2.46. The molecule has 156 valence electrons. The van der Waals surface area contributed by atoms with Crippen LogP contribution in [0.1, 0.15) is 22.5 Å². The number of hydrogen-bond acceptors (Lipinski definition) is 5. The molecule has 2 aliphatic heterocycles. The highest BCUT2D eigenvalue weighted by Crippen LogP contribution is 2.36. The topological polar surface area (TPSA) is 93.5 Å². The number of hydrogen-bond donors (Lipinski definition) is 2. The number of nitrogens with zero attached hydrogens (tertiary/aromatic N) is 2. The van der Waals surface area contributed by atoms with Crippen LogP contribution in [-0.2, 0) is 24.2 Å². The first-order chi connectivity index (χ1) is 15.2. The maximum atomic E-state index is 11.5. The molecule has 0 spiro atoms. The van der Waals surface area contributed by atoms with Gasteiger partial charge in [0.05, 0.1) is 23.4 Å². The van der Waals surface area contributed by atoms with Gasteiger partial charge >= 0.3 is 0 Å². The second-order valence-electron chi connectivity index (χ2n) is 8.20. The van der Waals surface area contributed by atoms with E-state index in [1.54, 1.807) is 0 Å². The van der Waals surface area contributed by atoms with Gasteiger partial charge in [0.2, 0.25) is 12.7 Å². The van der Waals surface area contributed by atoms with E-state index in [0.717, 1.165) is 52.4 Å². The van der Waals surface area contributed by atoms with Crippen LogP contribution in [0, 0.1) is 0 Å². The monoisotopic (exact) mass is 414 g/mol. The predicted octanol–water partition coefficient (Wildman–Crippen LogP) is 2.88. The first-order valence-electron chi connectivity index (χ1n) is 10.5. The Morgan fingerprint density at radius 3 is 2.94 bits per heavy atom. The van der Waals surface area contributed by atoms with Gasteiger partial charge in [-0.05, 0) is 35.7 Å². The van der Waals surface area contributed by atoms with E-state index in [1.807, 2.05) is 18.2 Å². The first-order valence-corrected chi connectivity index (χ1v) is 10.5. The second-order valence-corrected chi connectivity index (χ2v) is 8.20. The molecule has 0 aliphatic carbocycles. The fourth-order valence-corrected chi connectivity index (χ4v) is 4.79. The molecule has 0 radical (unpaired) electrons. The van der Waals surface area contributed by atoms with Gasteiger partial charge in [-0.2, -0.15) is 0 Å². The van der Waals surface area contributed by atoms with Crippen molar-refractivity contribution in [2.24, 2.45) is 5.73 Å². The van der Waals surface area contributed by atoms with Crippen molar-refractivity contribution in [1.29, 1.82) is 0 Å². The number of pyridine rings is 1. The zero-order valence-electron chi connectivity index (χ0n) is 17.0. The Hall–Kier alpha value is -3.58. The van der Waals surface area contributed by atoms with Crippen molar-refractivity contribution < 1.29 is 14.3 Å². The Morgan fingerprint density at radius 1 is 1.16 bits per heavy atom. The molecule has 4 aromatic rings. The minimum Gasteiger partial charge on any atom is -0.454 e. The molecule has 31 heavy (non-hydrogen) atoms. The van der Waals surface area contributed by atoms with Gasteiger partial charge in [0, 0.05) is 35.8 Å². The zero-order chi connectivity index (χ0) is 20.9. The van der Waals surface area contributed by atoms with Crippen molar-refractivity contribution in [3.63, 3.8) is 0 Å². The second kappa shape index (κ2) is 6.99. The summed E-state index contributed by atoms with van der Waals surface area (Å²) in [7, 11) is 0.